The number of nitrogens with one attached hydrogen (secondary N) is 2. The number of hydrogen-bond acceptors (Lipinski definition) is 5. The average molecular weight is 460 g/mol. The Morgan fingerprint density at radius 1 is 0.818 bits per heavy atom. The molecule has 1 heterocycles. The maximum Gasteiger partial charge on any atom is 0.260 e. The van der Waals surface area contributed by atoms with E-state index in [0.717, 1.165) is 16.7 Å². The van der Waals surface area contributed by atoms with Gasteiger partial charge < -0.3 is 5.32 Å². The highest BCUT2D eigenvalue weighted by Gasteiger charge is 2.27. The first-order chi connectivity index (χ1) is 15.8. The van der Waals surface area contributed by atoms with Crippen LogP contribution in [0.2, 0.25) is 0 Å². The number of amides is 2. The third kappa shape index (κ3) is 5.25. The molecule has 3 aromatic carbocycles. The summed E-state index contributed by atoms with van der Waals surface area (Å²) in [7, 11) is -3.75. The van der Waals surface area contributed by atoms with Crippen LogP contribution in [0.3, 0.4) is 0 Å². The molecule has 3 aromatic rings. The number of fused-ring (bicyclic) bond motifs is 1. The van der Waals surface area contributed by atoms with Crippen LogP contribution in [0.4, 0.5) is 0 Å². The summed E-state index contributed by atoms with van der Waals surface area (Å²) < 4.78 is 22.7. The summed E-state index contributed by atoms with van der Waals surface area (Å²) >= 11 is 0. The van der Waals surface area contributed by atoms with E-state index in [2.05, 4.69) is 10.6 Å². The number of nitrogens with two attached hydrogens (primary N) is 1. The molecule has 0 fully saturated rings. The predicted molar refractivity (Wildman–Crippen MR) is 127 cm³/mol. The normalized spacial score (nSPS) is 14.9. The molecule has 0 aliphatic carbocycles. The van der Waals surface area contributed by atoms with Crippen LogP contribution >= 0.6 is 0 Å². The second-order valence-corrected chi connectivity index (χ2v) is 9.02. The first-order valence-electron chi connectivity index (χ1n) is 10.1. The SMILES string of the molecule is NS(=O)(=O)c1ccc(CNC=C2C(=O)NC(=O)c3ccc(C=Cc4ccccc4)cc32)cc1. The second kappa shape index (κ2) is 9.23. The molecule has 1 aliphatic rings. The lowest BCUT2D eigenvalue weighted by Crippen LogP contribution is -2.37. The Kier molecular flexibility index (Phi) is 6.21. The highest BCUT2D eigenvalue weighted by molar-refractivity contribution is 7.89. The summed E-state index contributed by atoms with van der Waals surface area (Å²) in [5, 5.41) is 10.5. The summed E-state index contributed by atoms with van der Waals surface area (Å²) in [4.78, 5) is 24.8. The standard InChI is InChI=1S/C25H21N3O4S/c26-33(31,32)20-11-8-19(9-12-20)15-27-16-23-22-14-18(7-6-17-4-2-1-3-5-17)10-13-21(22)24(29)28-25(23)30/h1-14,16,27H,15H2,(H2,26,31,32)(H,28,29,30). The molecule has 0 aromatic heterocycles. The third-order valence-corrected chi connectivity index (χ3v) is 6.05. The maximum absolute atomic E-state index is 12.5. The first-order valence-corrected chi connectivity index (χ1v) is 11.6. The monoisotopic (exact) mass is 459 g/mol. The highest BCUT2D eigenvalue weighted by Crippen LogP contribution is 2.26. The Morgan fingerprint density at radius 3 is 2.21 bits per heavy atom. The van der Waals surface area contributed by atoms with Gasteiger partial charge in [-0.25, -0.2) is 13.6 Å². The van der Waals surface area contributed by atoms with Gasteiger partial charge in [-0.2, -0.15) is 0 Å². The van der Waals surface area contributed by atoms with Gasteiger partial charge in [-0.05, 0) is 41.0 Å². The third-order valence-electron chi connectivity index (χ3n) is 5.12. The minimum Gasteiger partial charge on any atom is -0.386 e. The van der Waals surface area contributed by atoms with E-state index < -0.39 is 21.8 Å². The molecule has 0 saturated carbocycles. The van der Waals surface area contributed by atoms with E-state index in [1.165, 1.54) is 12.1 Å². The second-order valence-electron chi connectivity index (χ2n) is 7.46. The van der Waals surface area contributed by atoms with E-state index in [-0.39, 0.29) is 4.90 Å². The molecule has 4 rings (SSSR count). The summed E-state index contributed by atoms with van der Waals surface area (Å²) in [6.07, 6.45) is 5.43. The highest BCUT2D eigenvalue weighted by atomic mass is 32.2. The number of primary sulfonamides is 1. The van der Waals surface area contributed by atoms with Crippen molar-refractivity contribution in [2.75, 3.05) is 0 Å². The van der Waals surface area contributed by atoms with Crippen LogP contribution in [-0.4, -0.2) is 20.2 Å². The quantitative estimate of drug-likeness (QED) is 0.298. The number of carbonyl (C=O) groups is 2. The van der Waals surface area contributed by atoms with Gasteiger partial charge in [-0.15, -0.1) is 0 Å². The van der Waals surface area contributed by atoms with Gasteiger partial charge in [-0.3, -0.25) is 14.9 Å². The molecular weight excluding hydrogens is 438 g/mol. The molecule has 1 aliphatic heterocycles. The Hall–Kier alpha value is -4.01. The van der Waals surface area contributed by atoms with Crippen LogP contribution in [0.1, 0.15) is 32.6 Å². The van der Waals surface area contributed by atoms with Crippen molar-refractivity contribution in [1.82, 2.24) is 10.6 Å². The van der Waals surface area contributed by atoms with E-state index in [4.69, 9.17) is 5.14 Å². The fourth-order valence-corrected chi connectivity index (χ4v) is 3.93. The van der Waals surface area contributed by atoms with Gasteiger partial charge in [0.05, 0.1) is 10.5 Å². The number of imide groups is 1. The number of hydrogen-bond donors (Lipinski definition) is 3. The zero-order valence-electron chi connectivity index (χ0n) is 17.5. The largest absolute Gasteiger partial charge is 0.386 e. The summed E-state index contributed by atoms with van der Waals surface area (Å²) in [5.41, 5.74) is 3.97. The van der Waals surface area contributed by atoms with E-state index >= 15 is 0 Å². The molecule has 7 nitrogen and oxygen atoms in total. The van der Waals surface area contributed by atoms with Crippen LogP contribution in [0.15, 0.2) is 83.9 Å². The fraction of sp³-hybridized carbons (Fsp3) is 0.0400. The first kappa shape index (κ1) is 22.2. The molecule has 4 N–H and O–H groups in total. The van der Waals surface area contributed by atoms with Crippen molar-refractivity contribution < 1.29 is 18.0 Å². The lowest BCUT2D eigenvalue weighted by molar-refractivity contribution is -0.114. The molecule has 0 radical (unpaired) electrons. The van der Waals surface area contributed by atoms with E-state index in [1.54, 1.807) is 30.5 Å². The van der Waals surface area contributed by atoms with Crippen molar-refractivity contribution in [1.29, 1.82) is 0 Å². The average Bonchev–Trinajstić information content (AvgIpc) is 2.80. The fourth-order valence-electron chi connectivity index (χ4n) is 3.41. The van der Waals surface area contributed by atoms with Crippen molar-refractivity contribution >= 4 is 39.6 Å². The minimum atomic E-state index is -3.75. The minimum absolute atomic E-state index is 0.0276. The molecule has 8 heteroatoms. The van der Waals surface area contributed by atoms with Crippen LogP contribution in [-0.2, 0) is 21.4 Å². The van der Waals surface area contributed by atoms with Gasteiger partial charge >= 0.3 is 0 Å². The van der Waals surface area contributed by atoms with Gasteiger partial charge in [0.2, 0.25) is 10.0 Å². The summed E-state index contributed by atoms with van der Waals surface area (Å²) in [5.74, 6) is -0.932. The molecule has 33 heavy (non-hydrogen) atoms. The van der Waals surface area contributed by atoms with E-state index in [1.807, 2.05) is 48.6 Å². The van der Waals surface area contributed by atoms with Crippen molar-refractivity contribution in [3.63, 3.8) is 0 Å². The Bertz CT molecular complexity index is 1380. The van der Waals surface area contributed by atoms with Crippen LogP contribution < -0.4 is 15.8 Å². The Morgan fingerprint density at radius 2 is 1.52 bits per heavy atom. The molecule has 2 amide bonds. The van der Waals surface area contributed by atoms with Gasteiger partial charge in [-0.1, -0.05) is 60.7 Å². The molecule has 0 atom stereocenters. The van der Waals surface area contributed by atoms with Crippen molar-refractivity contribution in [3.05, 3.63) is 107 Å². The van der Waals surface area contributed by atoms with Gasteiger partial charge in [0, 0.05) is 23.9 Å². The van der Waals surface area contributed by atoms with Crippen LogP contribution in [0.25, 0.3) is 17.7 Å². The summed E-state index contributed by atoms with van der Waals surface area (Å²) in [6, 6.07) is 21.2. The van der Waals surface area contributed by atoms with Crippen molar-refractivity contribution in [3.8, 4) is 0 Å². The summed E-state index contributed by atoms with van der Waals surface area (Å²) in [6.45, 7) is 0.346. The topological polar surface area (TPSA) is 118 Å². The van der Waals surface area contributed by atoms with Crippen LogP contribution in [0.5, 0.6) is 0 Å². The molecule has 166 valence electrons. The molecule has 0 spiro atoms. The van der Waals surface area contributed by atoms with E-state index in [9.17, 15) is 18.0 Å². The molecule has 0 saturated heterocycles. The number of benzene rings is 3. The molecule has 0 unspecified atom stereocenters. The van der Waals surface area contributed by atoms with E-state index in [0.29, 0.717) is 23.2 Å². The van der Waals surface area contributed by atoms with Gasteiger partial charge in [0.25, 0.3) is 11.8 Å². The predicted octanol–water partition coefficient (Wildman–Crippen LogP) is 2.91. The number of rotatable bonds is 6. The maximum atomic E-state index is 12.5. The number of carbonyl (C=O) groups excluding carboxylic acids is 2. The Balaban J connectivity index is 1.56. The smallest absolute Gasteiger partial charge is 0.260 e. The zero-order valence-corrected chi connectivity index (χ0v) is 18.3. The van der Waals surface area contributed by atoms with Gasteiger partial charge in [0.15, 0.2) is 0 Å². The Labute approximate surface area is 191 Å². The van der Waals surface area contributed by atoms with Crippen LogP contribution in [0, 0.1) is 0 Å². The van der Waals surface area contributed by atoms with Crippen molar-refractivity contribution in [2.45, 2.75) is 11.4 Å². The number of sulfonamides is 1. The zero-order chi connectivity index (χ0) is 23.4. The van der Waals surface area contributed by atoms with Gasteiger partial charge in [0.1, 0.15) is 0 Å². The van der Waals surface area contributed by atoms with Crippen molar-refractivity contribution in [2.24, 2.45) is 5.14 Å². The lowest BCUT2D eigenvalue weighted by atomic mass is 9.93. The lowest BCUT2D eigenvalue weighted by Gasteiger charge is -2.19. The molecule has 0 bridgehead atoms. The molecular formula is C25H21N3O4S.